The SMILES string of the molecule is CC1(C(O)c2ccccc2-c2cnns2)NC(=O)NC1=O. The molecule has 7 nitrogen and oxygen atoms in total. The lowest BCUT2D eigenvalue weighted by atomic mass is 9.87. The number of hydrogen-bond acceptors (Lipinski definition) is 6. The van der Waals surface area contributed by atoms with Crippen LogP contribution in [0.15, 0.2) is 30.5 Å². The molecule has 0 aliphatic carbocycles. The maximum Gasteiger partial charge on any atom is 0.322 e. The van der Waals surface area contributed by atoms with Crippen LogP contribution < -0.4 is 10.6 Å². The standard InChI is InChI=1S/C13H12N4O3S/c1-13(11(19)15-12(20)16-13)10(18)8-5-3-2-4-7(8)9-6-14-17-21-9/h2-6,10,18H,1H3,(H2,15,16,19,20). The number of urea groups is 1. The van der Waals surface area contributed by atoms with Crippen LogP contribution in [0.4, 0.5) is 4.79 Å². The highest BCUT2D eigenvalue weighted by Crippen LogP contribution is 2.35. The van der Waals surface area contributed by atoms with Crippen LogP contribution in [0, 0.1) is 0 Å². The van der Waals surface area contributed by atoms with E-state index in [9.17, 15) is 14.7 Å². The van der Waals surface area contributed by atoms with Gasteiger partial charge in [0.15, 0.2) is 0 Å². The number of amides is 3. The first-order valence-corrected chi connectivity index (χ1v) is 6.98. The van der Waals surface area contributed by atoms with Crippen molar-refractivity contribution in [3.63, 3.8) is 0 Å². The second kappa shape index (κ2) is 4.90. The molecule has 108 valence electrons. The van der Waals surface area contributed by atoms with E-state index in [1.54, 1.807) is 18.3 Å². The molecule has 0 saturated carbocycles. The molecule has 2 atom stereocenters. The number of carbonyl (C=O) groups excluding carboxylic acids is 2. The highest BCUT2D eigenvalue weighted by Gasteiger charge is 2.48. The van der Waals surface area contributed by atoms with E-state index in [2.05, 4.69) is 20.2 Å². The smallest absolute Gasteiger partial charge is 0.322 e. The highest BCUT2D eigenvalue weighted by atomic mass is 32.1. The van der Waals surface area contributed by atoms with Crippen LogP contribution in [0.5, 0.6) is 0 Å². The molecule has 2 heterocycles. The molecule has 3 rings (SSSR count). The van der Waals surface area contributed by atoms with Crippen molar-refractivity contribution >= 4 is 23.5 Å². The number of aliphatic hydroxyl groups excluding tert-OH is 1. The predicted octanol–water partition coefficient (Wildman–Crippen LogP) is 0.837. The van der Waals surface area contributed by atoms with Gasteiger partial charge in [0.25, 0.3) is 5.91 Å². The minimum atomic E-state index is -1.41. The third-order valence-corrected chi connectivity index (χ3v) is 4.20. The van der Waals surface area contributed by atoms with E-state index in [1.807, 2.05) is 12.1 Å². The summed E-state index contributed by atoms with van der Waals surface area (Å²) in [5.74, 6) is -0.558. The number of imide groups is 1. The van der Waals surface area contributed by atoms with Gasteiger partial charge in [0.05, 0.1) is 11.1 Å². The molecule has 3 amide bonds. The topological polar surface area (TPSA) is 104 Å². The minimum Gasteiger partial charge on any atom is -0.385 e. The summed E-state index contributed by atoms with van der Waals surface area (Å²) in [6.07, 6.45) is 0.397. The van der Waals surface area contributed by atoms with Gasteiger partial charge in [-0.1, -0.05) is 28.8 Å². The fraction of sp³-hybridized carbons (Fsp3) is 0.231. The van der Waals surface area contributed by atoms with Gasteiger partial charge >= 0.3 is 6.03 Å². The lowest BCUT2D eigenvalue weighted by Crippen LogP contribution is -2.49. The van der Waals surface area contributed by atoms with E-state index in [-0.39, 0.29) is 0 Å². The molecule has 0 bridgehead atoms. The Morgan fingerprint density at radius 3 is 2.71 bits per heavy atom. The average molecular weight is 304 g/mol. The summed E-state index contributed by atoms with van der Waals surface area (Å²) >= 11 is 1.19. The summed E-state index contributed by atoms with van der Waals surface area (Å²) in [6.45, 7) is 1.49. The molecule has 8 heteroatoms. The van der Waals surface area contributed by atoms with Crippen molar-refractivity contribution in [2.45, 2.75) is 18.6 Å². The van der Waals surface area contributed by atoms with Gasteiger partial charge in [0.2, 0.25) is 0 Å². The summed E-state index contributed by atoms with van der Waals surface area (Å²) in [4.78, 5) is 24.1. The van der Waals surface area contributed by atoms with Crippen LogP contribution in [0.1, 0.15) is 18.6 Å². The average Bonchev–Trinajstić information content (AvgIpc) is 3.07. The Hall–Kier alpha value is -2.32. The van der Waals surface area contributed by atoms with Gasteiger partial charge in [0, 0.05) is 5.56 Å². The fourth-order valence-corrected chi connectivity index (χ4v) is 2.87. The number of nitrogens with one attached hydrogen (secondary N) is 2. The van der Waals surface area contributed by atoms with Crippen molar-refractivity contribution in [1.29, 1.82) is 0 Å². The number of aromatic nitrogens is 2. The van der Waals surface area contributed by atoms with Crippen molar-refractivity contribution < 1.29 is 14.7 Å². The molecule has 2 unspecified atom stereocenters. The molecule has 1 saturated heterocycles. The molecule has 0 spiro atoms. The van der Waals surface area contributed by atoms with Gasteiger partial charge in [-0.15, -0.1) is 5.10 Å². The molecule has 1 fully saturated rings. The number of aliphatic hydroxyl groups is 1. The van der Waals surface area contributed by atoms with E-state index < -0.39 is 23.6 Å². The monoisotopic (exact) mass is 304 g/mol. The minimum absolute atomic E-state index is 0.531. The van der Waals surface area contributed by atoms with E-state index in [4.69, 9.17) is 0 Å². The number of carbonyl (C=O) groups is 2. The van der Waals surface area contributed by atoms with Crippen LogP contribution >= 0.6 is 11.5 Å². The van der Waals surface area contributed by atoms with E-state index in [0.29, 0.717) is 5.56 Å². The molecular weight excluding hydrogens is 292 g/mol. The zero-order chi connectivity index (χ0) is 15.0. The second-order valence-corrected chi connectivity index (χ2v) is 5.67. The summed E-state index contributed by atoms with van der Waals surface area (Å²) < 4.78 is 3.80. The van der Waals surface area contributed by atoms with Gasteiger partial charge < -0.3 is 10.4 Å². The second-order valence-electron chi connectivity index (χ2n) is 4.88. The molecule has 1 aliphatic heterocycles. The van der Waals surface area contributed by atoms with Gasteiger partial charge in [-0.25, -0.2) is 4.79 Å². The summed E-state index contributed by atoms with van der Waals surface area (Å²) in [5, 5.41) is 19.0. The lowest BCUT2D eigenvalue weighted by molar-refractivity contribution is -0.127. The van der Waals surface area contributed by atoms with Crippen LogP contribution in [0.2, 0.25) is 0 Å². The lowest BCUT2D eigenvalue weighted by Gasteiger charge is -2.28. The summed E-state index contributed by atoms with van der Waals surface area (Å²) in [6, 6.07) is 6.49. The molecule has 1 aromatic carbocycles. The molecule has 0 radical (unpaired) electrons. The van der Waals surface area contributed by atoms with Crippen LogP contribution in [-0.4, -0.2) is 32.2 Å². The van der Waals surface area contributed by atoms with Crippen molar-refractivity contribution in [2.24, 2.45) is 0 Å². The Bertz CT molecular complexity index is 703. The summed E-state index contributed by atoms with van der Waals surface area (Å²) in [7, 11) is 0. The Morgan fingerprint density at radius 2 is 2.10 bits per heavy atom. The van der Waals surface area contributed by atoms with Gasteiger partial charge in [0.1, 0.15) is 11.6 Å². The Morgan fingerprint density at radius 1 is 1.33 bits per heavy atom. The molecule has 1 aliphatic rings. The molecule has 3 N–H and O–H groups in total. The van der Waals surface area contributed by atoms with E-state index >= 15 is 0 Å². The van der Waals surface area contributed by atoms with Crippen molar-refractivity contribution in [3.05, 3.63) is 36.0 Å². The Balaban J connectivity index is 2.05. The van der Waals surface area contributed by atoms with Gasteiger partial charge in [-0.3, -0.25) is 10.1 Å². The first-order valence-electron chi connectivity index (χ1n) is 6.20. The van der Waals surface area contributed by atoms with Crippen LogP contribution in [-0.2, 0) is 4.79 Å². The zero-order valence-electron chi connectivity index (χ0n) is 11.0. The van der Waals surface area contributed by atoms with Crippen molar-refractivity contribution in [1.82, 2.24) is 20.2 Å². The van der Waals surface area contributed by atoms with Crippen molar-refractivity contribution in [3.8, 4) is 10.4 Å². The first kappa shape index (κ1) is 13.7. The van der Waals surface area contributed by atoms with Crippen LogP contribution in [0.3, 0.4) is 0 Å². The van der Waals surface area contributed by atoms with Gasteiger partial charge in [-0.2, -0.15) is 0 Å². The number of rotatable bonds is 3. The maximum atomic E-state index is 11.9. The fourth-order valence-electron chi connectivity index (χ4n) is 2.31. The maximum absolute atomic E-state index is 11.9. The third-order valence-electron chi connectivity index (χ3n) is 3.50. The number of nitrogens with zero attached hydrogens (tertiary/aromatic N) is 2. The molecular formula is C13H12N4O3S. The van der Waals surface area contributed by atoms with E-state index in [1.165, 1.54) is 18.5 Å². The van der Waals surface area contributed by atoms with Crippen molar-refractivity contribution in [2.75, 3.05) is 0 Å². The Labute approximate surface area is 124 Å². The number of benzene rings is 1. The zero-order valence-corrected chi connectivity index (χ0v) is 11.8. The normalized spacial score (nSPS) is 22.8. The largest absolute Gasteiger partial charge is 0.385 e. The molecule has 1 aromatic heterocycles. The van der Waals surface area contributed by atoms with Crippen LogP contribution in [0.25, 0.3) is 10.4 Å². The molecule has 21 heavy (non-hydrogen) atoms. The Kier molecular flexibility index (Phi) is 3.19. The third kappa shape index (κ3) is 2.18. The quantitative estimate of drug-likeness (QED) is 0.729. The summed E-state index contributed by atoms with van der Waals surface area (Å²) in [5.41, 5.74) is -0.149. The number of hydrogen-bond donors (Lipinski definition) is 3. The van der Waals surface area contributed by atoms with Gasteiger partial charge in [-0.05, 0) is 24.0 Å². The first-order chi connectivity index (χ1) is 10.0. The molecule has 2 aromatic rings. The van der Waals surface area contributed by atoms with E-state index in [0.717, 1.165) is 10.4 Å². The predicted molar refractivity (Wildman–Crippen MR) is 75.4 cm³/mol. The highest BCUT2D eigenvalue weighted by molar-refractivity contribution is 7.09.